The molecule has 0 saturated heterocycles. The van der Waals surface area contributed by atoms with Crippen molar-refractivity contribution in [3.05, 3.63) is 35.9 Å². The average molecular weight is 210 g/mol. The molecule has 0 nitrogen and oxygen atoms in total. The molecule has 0 heterocycles. The highest BCUT2D eigenvalue weighted by atomic mass is 19.4. The first-order chi connectivity index (χ1) is 6.31. The van der Waals surface area contributed by atoms with Crippen LogP contribution in [0.1, 0.15) is 12.0 Å². The van der Waals surface area contributed by atoms with E-state index in [0.717, 1.165) is 12.1 Å². The molecule has 0 unspecified atom stereocenters. The van der Waals surface area contributed by atoms with Crippen molar-refractivity contribution in [3.8, 4) is 0 Å². The Morgan fingerprint density at radius 3 is 1.79 bits per heavy atom. The summed E-state index contributed by atoms with van der Waals surface area (Å²) in [4.78, 5) is 0. The predicted octanol–water partition coefficient (Wildman–Crippen LogP) is 3.73. The van der Waals surface area contributed by atoms with Crippen LogP contribution in [-0.4, -0.2) is 6.18 Å². The summed E-state index contributed by atoms with van der Waals surface area (Å²) in [6, 6.07) is 5.98. The third kappa shape index (κ3) is 2.97. The molecule has 5 heteroatoms. The molecular formula is C9H7F5. The van der Waals surface area contributed by atoms with Crippen LogP contribution in [0.15, 0.2) is 30.3 Å². The van der Waals surface area contributed by atoms with Crippen molar-refractivity contribution in [1.82, 2.24) is 0 Å². The van der Waals surface area contributed by atoms with Crippen LogP contribution < -0.4 is 0 Å². The van der Waals surface area contributed by atoms with Gasteiger partial charge in [-0.05, 0) is 0 Å². The average Bonchev–Trinajstić information content (AvgIpc) is 2.01. The minimum atomic E-state index is -4.86. The molecule has 0 bridgehead atoms. The van der Waals surface area contributed by atoms with Crippen molar-refractivity contribution in [3.63, 3.8) is 0 Å². The molecule has 0 spiro atoms. The summed E-state index contributed by atoms with van der Waals surface area (Å²) in [5.41, 5.74) is -0.614. The van der Waals surface area contributed by atoms with E-state index in [1.54, 1.807) is 0 Å². The predicted molar refractivity (Wildman–Crippen MR) is 41.0 cm³/mol. The molecule has 1 rings (SSSR count). The van der Waals surface area contributed by atoms with Gasteiger partial charge >= 0.3 is 6.18 Å². The highest BCUT2D eigenvalue weighted by molar-refractivity contribution is 5.20. The number of rotatable bonds is 2. The van der Waals surface area contributed by atoms with Crippen LogP contribution in [0.3, 0.4) is 0 Å². The summed E-state index contributed by atoms with van der Waals surface area (Å²) < 4.78 is 61.1. The Morgan fingerprint density at radius 1 is 0.857 bits per heavy atom. The Hall–Kier alpha value is -1.13. The molecule has 78 valence electrons. The molecule has 0 aliphatic carbocycles. The van der Waals surface area contributed by atoms with Crippen LogP contribution in [-0.2, 0) is 5.92 Å². The first kappa shape index (κ1) is 10.9. The largest absolute Gasteiger partial charge is 0.395 e. The van der Waals surface area contributed by atoms with E-state index in [1.165, 1.54) is 18.2 Å². The minimum absolute atomic E-state index is 0.614. The zero-order valence-corrected chi connectivity index (χ0v) is 6.98. The molecule has 0 fully saturated rings. The van der Waals surface area contributed by atoms with E-state index in [-0.39, 0.29) is 0 Å². The van der Waals surface area contributed by atoms with Crippen LogP contribution in [0, 0.1) is 0 Å². The molecule has 0 saturated carbocycles. The normalized spacial score (nSPS) is 12.9. The van der Waals surface area contributed by atoms with Gasteiger partial charge in [0.1, 0.15) is 6.42 Å². The second kappa shape index (κ2) is 3.55. The number of halogens is 5. The maximum Gasteiger partial charge on any atom is 0.395 e. The standard InChI is InChI=1S/C9H7F5/c10-8(11,6-9(12,13)14)7-4-2-1-3-5-7/h1-5H,6H2. The van der Waals surface area contributed by atoms with E-state index in [2.05, 4.69) is 0 Å². The fourth-order valence-corrected chi connectivity index (χ4v) is 1.04. The molecule has 0 aromatic heterocycles. The summed E-state index contributed by atoms with van der Waals surface area (Å²) in [6.45, 7) is 0. The number of hydrogen-bond acceptors (Lipinski definition) is 0. The van der Waals surface area contributed by atoms with E-state index in [1.807, 2.05) is 0 Å². The molecule has 0 radical (unpaired) electrons. The van der Waals surface area contributed by atoms with Gasteiger partial charge in [0.05, 0.1) is 0 Å². The van der Waals surface area contributed by atoms with Gasteiger partial charge in [0.25, 0.3) is 5.92 Å². The fourth-order valence-electron chi connectivity index (χ4n) is 1.04. The summed E-state index contributed by atoms with van der Waals surface area (Å²) in [5, 5.41) is 0. The molecule has 14 heavy (non-hydrogen) atoms. The lowest BCUT2D eigenvalue weighted by Crippen LogP contribution is -2.23. The van der Waals surface area contributed by atoms with Gasteiger partial charge in [-0.2, -0.15) is 13.2 Å². The summed E-state index contributed by atoms with van der Waals surface area (Å²) >= 11 is 0. The van der Waals surface area contributed by atoms with Gasteiger partial charge in [-0.15, -0.1) is 0 Å². The van der Waals surface area contributed by atoms with Gasteiger partial charge < -0.3 is 0 Å². The third-order valence-electron chi connectivity index (χ3n) is 1.62. The number of benzene rings is 1. The van der Waals surface area contributed by atoms with Gasteiger partial charge in [-0.25, -0.2) is 8.78 Å². The highest BCUT2D eigenvalue weighted by Gasteiger charge is 2.44. The number of alkyl halides is 5. The first-order valence-electron chi connectivity index (χ1n) is 3.81. The molecule has 0 N–H and O–H groups in total. The molecule has 0 aliphatic rings. The monoisotopic (exact) mass is 210 g/mol. The van der Waals surface area contributed by atoms with Gasteiger partial charge in [0, 0.05) is 5.56 Å². The highest BCUT2D eigenvalue weighted by Crippen LogP contribution is 2.38. The van der Waals surface area contributed by atoms with E-state index in [4.69, 9.17) is 0 Å². The summed E-state index contributed by atoms with van der Waals surface area (Å²) in [7, 11) is 0. The minimum Gasteiger partial charge on any atom is -0.201 e. The Kier molecular flexibility index (Phi) is 2.78. The van der Waals surface area contributed by atoms with Crippen molar-refractivity contribution >= 4 is 0 Å². The van der Waals surface area contributed by atoms with Crippen molar-refractivity contribution in [2.45, 2.75) is 18.5 Å². The van der Waals surface area contributed by atoms with Gasteiger partial charge in [-0.1, -0.05) is 30.3 Å². The molecule has 0 atom stereocenters. The van der Waals surface area contributed by atoms with Crippen molar-refractivity contribution < 1.29 is 22.0 Å². The topological polar surface area (TPSA) is 0 Å². The lowest BCUT2D eigenvalue weighted by molar-refractivity contribution is -0.190. The van der Waals surface area contributed by atoms with Crippen LogP contribution >= 0.6 is 0 Å². The van der Waals surface area contributed by atoms with Crippen LogP contribution in [0.5, 0.6) is 0 Å². The van der Waals surface area contributed by atoms with Crippen LogP contribution in [0.4, 0.5) is 22.0 Å². The van der Waals surface area contributed by atoms with E-state index in [0.29, 0.717) is 0 Å². The fraction of sp³-hybridized carbons (Fsp3) is 0.333. The summed E-state index contributed by atoms with van der Waals surface area (Å²) in [6.07, 6.45) is -6.98. The second-order valence-electron chi connectivity index (χ2n) is 2.86. The van der Waals surface area contributed by atoms with Crippen LogP contribution in [0.2, 0.25) is 0 Å². The van der Waals surface area contributed by atoms with Crippen molar-refractivity contribution in [2.24, 2.45) is 0 Å². The summed E-state index contributed by atoms with van der Waals surface area (Å²) in [5.74, 6) is -3.85. The van der Waals surface area contributed by atoms with Crippen molar-refractivity contribution in [1.29, 1.82) is 0 Å². The molecule has 0 amide bonds. The number of hydrogen-bond donors (Lipinski definition) is 0. The third-order valence-corrected chi connectivity index (χ3v) is 1.62. The van der Waals surface area contributed by atoms with E-state index >= 15 is 0 Å². The molecule has 1 aromatic rings. The zero-order chi connectivity index (χ0) is 10.8. The Bertz CT molecular complexity index is 288. The quantitative estimate of drug-likeness (QED) is 0.652. The molecule has 0 aliphatic heterocycles. The Labute approximate surface area is 77.4 Å². The lowest BCUT2D eigenvalue weighted by Gasteiger charge is -2.18. The van der Waals surface area contributed by atoms with Gasteiger partial charge in [0.2, 0.25) is 0 Å². The smallest absolute Gasteiger partial charge is 0.201 e. The molecule has 1 aromatic carbocycles. The van der Waals surface area contributed by atoms with Crippen LogP contribution in [0.25, 0.3) is 0 Å². The maximum absolute atomic E-state index is 12.9. The van der Waals surface area contributed by atoms with E-state index in [9.17, 15) is 22.0 Å². The van der Waals surface area contributed by atoms with Crippen molar-refractivity contribution in [2.75, 3.05) is 0 Å². The van der Waals surface area contributed by atoms with Gasteiger partial charge in [-0.3, -0.25) is 0 Å². The van der Waals surface area contributed by atoms with Gasteiger partial charge in [0.15, 0.2) is 0 Å². The SMILES string of the molecule is FC(F)(F)CC(F)(F)c1ccccc1. The Morgan fingerprint density at radius 2 is 1.36 bits per heavy atom. The zero-order valence-electron chi connectivity index (χ0n) is 6.98. The first-order valence-corrected chi connectivity index (χ1v) is 3.81. The molecular weight excluding hydrogens is 203 g/mol. The lowest BCUT2D eigenvalue weighted by atomic mass is 10.1. The van der Waals surface area contributed by atoms with E-state index < -0.39 is 24.1 Å². The second-order valence-corrected chi connectivity index (χ2v) is 2.86. The Balaban J connectivity index is 2.86. The maximum atomic E-state index is 12.9.